The molecule has 178 valence electrons. The maximum absolute atomic E-state index is 13.5. The number of fused-ring (bicyclic) bond motifs is 5. The number of hydrogen-bond donors (Lipinski definition) is 1. The third-order valence-corrected chi connectivity index (χ3v) is 11.1. The second-order valence-corrected chi connectivity index (χ2v) is 12.9. The average Bonchev–Trinajstić information content (AvgIpc) is 3.06. The molecule has 3 nitrogen and oxygen atoms in total. The lowest BCUT2D eigenvalue weighted by Gasteiger charge is -2.63. The zero-order valence-electron chi connectivity index (χ0n) is 21.1. The molecule has 9 atom stereocenters. The highest BCUT2D eigenvalue weighted by atomic mass is 16.5. The first kappa shape index (κ1) is 23.7. The van der Waals surface area contributed by atoms with Gasteiger partial charge in [0.25, 0.3) is 0 Å². The van der Waals surface area contributed by atoms with E-state index in [2.05, 4.69) is 34.6 Å². The van der Waals surface area contributed by atoms with Gasteiger partial charge in [-0.05, 0) is 79.4 Å². The quantitative estimate of drug-likeness (QED) is 0.527. The number of ketones is 1. The van der Waals surface area contributed by atoms with Crippen LogP contribution in [-0.2, 0) is 9.53 Å². The predicted molar refractivity (Wildman–Crippen MR) is 126 cm³/mol. The fourth-order valence-corrected chi connectivity index (χ4v) is 9.23. The summed E-state index contributed by atoms with van der Waals surface area (Å²) in [5, 5.41) is 11.7. The van der Waals surface area contributed by atoms with Crippen LogP contribution in [0.3, 0.4) is 0 Å². The minimum atomic E-state index is -1.18. The highest BCUT2D eigenvalue weighted by Gasteiger charge is 2.67. The van der Waals surface area contributed by atoms with Crippen LogP contribution >= 0.6 is 0 Å². The summed E-state index contributed by atoms with van der Waals surface area (Å²) < 4.78 is 5.60. The summed E-state index contributed by atoms with van der Waals surface area (Å²) in [6, 6.07) is 0. The Bertz CT molecular complexity index is 673. The molecule has 0 saturated heterocycles. The Hall–Kier alpha value is -0.410. The molecule has 4 rings (SSSR count). The number of carbonyl (C=O) groups is 1. The fraction of sp³-hybridized carbons (Fsp3) is 0.964. The zero-order chi connectivity index (χ0) is 22.6. The van der Waals surface area contributed by atoms with Crippen LogP contribution in [0, 0.1) is 46.3 Å². The highest BCUT2D eigenvalue weighted by molar-refractivity contribution is 5.89. The van der Waals surface area contributed by atoms with Gasteiger partial charge in [0.1, 0.15) is 5.60 Å². The lowest BCUT2D eigenvalue weighted by atomic mass is 9.42. The lowest BCUT2D eigenvalue weighted by molar-refractivity contribution is -0.215. The smallest absolute Gasteiger partial charge is 0.165 e. The molecular formula is C28H48O3. The molecule has 4 aliphatic carbocycles. The lowest BCUT2D eigenvalue weighted by Crippen LogP contribution is -2.67. The first-order valence-corrected chi connectivity index (χ1v) is 13.3. The van der Waals surface area contributed by atoms with E-state index in [1.807, 2.05) is 0 Å². The third-order valence-electron chi connectivity index (χ3n) is 11.1. The van der Waals surface area contributed by atoms with Crippen molar-refractivity contribution in [2.75, 3.05) is 7.11 Å². The van der Waals surface area contributed by atoms with Crippen LogP contribution in [0.1, 0.15) is 105 Å². The van der Waals surface area contributed by atoms with Crippen molar-refractivity contribution in [2.45, 2.75) is 117 Å². The van der Waals surface area contributed by atoms with Crippen LogP contribution in [-0.4, -0.2) is 29.7 Å². The van der Waals surface area contributed by atoms with Crippen molar-refractivity contribution in [3.63, 3.8) is 0 Å². The highest BCUT2D eigenvalue weighted by Crippen LogP contribution is 2.68. The first-order valence-electron chi connectivity index (χ1n) is 13.3. The predicted octanol–water partition coefficient (Wildman–Crippen LogP) is 6.42. The van der Waals surface area contributed by atoms with Crippen LogP contribution in [0.4, 0.5) is 0 Å². The van der Waals surface area contributed by atoms with Crippen molar-refractivity contribution in [1.29, 1.82) is 0 Å². The molecule has 0 radical (unpaired) electrons. The molecule has 0 aromatic carbocycles. The fourth-order valence-electron chi connectivity index (χ4n) is 9.23. The van der Waals surface area contributed by atoms with Crippen molar-refractivity contribution >= 4 is 5.78 Å². The van der Waals surface area contributed by atoms with E-state index < -0.39 is 5.60 Å². The minimum absolute atomic E-state index is 0.0231. The van der Waals surface area contributed by atoms with Crippen LogP contribution in [0.25, 0.3) is 0 Å². The number of carbonyl (C=O) groups excluding carboxylic acids is 1. The molecule has 0 aromatic rings. The first-order chi connectivity index (χ1) is 14.6. The van der Waals surface area contributed by atoms with Gasteiger partial charge in [-0.1, -0.05) is 53.9 Å². The van der Waals surface area contributed by atoms with Crippen molar-refractivity contribution in [2.24, 2.45) is 46.3 Å². The average molecular weight is 433 g/mol. The van der Waals surface area contributed by atoms with Gasteiger partial charge in [0.15, 0.2) is 5.78 Å². The molecule has 3 heteroatoms. The molecular weight excluding hydrogens is 384 g/mol. The molecule has 0 heterocycles. The summed E-state index contributed by atoms with van der Waals surface area (Å²) in [5.74, 6) is 4.14. The van der Waals surface area contributed by atoms with Crippen LogP contribution < -0.4 is 0 Å². The number of Topliss-reactive ketones (excluding diaryl/α,β-unsaturated/α-hetero) is 1. The summed E-state index contributed by atoms with van der Waals surface area (Å²) >= 11 is 0. The molecule has 1 N–H and O–H groups in total. The van der Waals surface area contributed by atoms with Crippen LogP contribution in [0.5, 0.6) is 0 Å². The second kappa shape index (κ2) is 8.42. The summed E-state index contributed by atoms with van der Waals surface area (Å²) in [6.45, 7) is 12.0. The van der Waals surface area contributed by atoms with E-state index in [1.54, 1.807) is 7.11 Å². The Labute approximate surface area is 191 Å². The van der Waals surface area contributed by atoms with Gasteiger partial charge in [-0.2, -0.15) is 0 Å². The molecule has 0 bridgehead atoms. The van der Waals surface area contributed by atoms with Gasteiger partial charge in [-0.3, -0.25) is 4.79 Å². The molecule has 0 amide bonds. The number of ether oxygens (including phenoxy) is 1. The SMILES string of the molecule is CO[C@@H]1CC[C@]2(C)[C@@H]3CC[C@@]4(C)[C@H](CC[C@@H]4[C@H](C)CCCC(C)C)[C@H]3CC(=O)[C@@]2(O)C1. The summed E-state index contributed by atoms with van der Waals surface area (Å²) in [6.07, 6.45) is 12.2. The molecule has 0 spiro atoms. The van der Waals surface area contributed by atoms with E-state index in [4.69, 9.17) is 4.74 Å². The Balaban J connectivity index is 1.53. The van der Waals surface area contributed by atoms with Crippen molar-refractivity contribution in [3.05, 3.63) is 0 Å². The van der Waals surface area contributed by atoms with E-state index in [0.29, 0.717) is 36.0 Å². The van der Waals surface area contributed by atoms with Gasteiger partial charge < -0.3 is 9.84 Å². The van der Waals surface area contributed by atoms with Crippen LogP contribution in [0.15, 0.2) is 0 Å². The maximum Gasteiger partial charge on any atom is 0.165 e. The van der Waals surface area contributed by atoms with Crippen molar-refractivity contribution in [1.82, 2.24) is 0 Å². The third kappa shape index (κ3) is 3.65. The normalized spacial score (nSPS) is 48.3. The molecule has 0 aliphatic heterocycles. The number of rotatable bonds is 6. The van der Waals surface area contributed by atoms with E-state index in [9.17, 15) is 9.90 Å². The van der Waals surface area contributed by atoms with Gasteiger partial charge >= 0.3 is 0 Å². The zero-order valence-corrected chi connectivity index (χ0v) is 21.1. The molecule has 4 aliphatic rings. The maximum atomic E-state index is 13.5. The summed E-state index contributed by atoms with van der Waals surface area (Å²) in [5.41, 5.74) is -1.07. The minimum Gasteiger partial charge on any atom is -0.381 e. The Morgan fingerprint density at radius 3 is 2.45 bits per heavy atom. The van der Waals surface area contributed by atoms with Gasteiger partial charge in [0, 0.05) is 25.4 Å². The summed E-state index contributed by atoms with van der Waals surface area (Å²) in [7, 11) is 1.72. The number of hydrogen-bond acceptors (Lipinski definition) is 3. The van der Waals surface area contributed by atoms with E-state index in [1.165, 1.54) is 44.9 Å². The Morgan fingerprint density at radius 1 is 1.03 bits per heavy atom. The van der Waals surface area contributed by atoms with Gasteiger partial charge in [0.2, 0.25) is 0 Å². The number of methoxy groups -OCH3 is 1. The van der Waals surface area contributed by atoms with Gasteiger partial charge in [-0.15, -0.1) is 0 Å². The van der Waals surface area contributed by atoms with E-state index >= 15 is 0 Å². The molecule has 4 fully saturated rings. The monoisotopic (exact) mass is 432 g/mol. The Kier molecular flexibility index (Phi) is 6.45. The van der Waals surface area contributed by atoms with Crippen molar-refractivity contribution < 1.29 is 14.6 Å². The topological polar surface area (TPSA) is 46.5 Å². The van der Waals surface area contributed by atoms with Crippen LogP contribution in [0.2, 0.25) is 0 Å². The van der Waals surface area contributed by atoms with Crippen molar-refractivity contribution in [3.8, 4) is 0 Å². The molecule has 0 unspecified atom stereocenters. The molecule has 31 heavy (non-hydrogen) atoms. The van der Waals surface area contributed by atoms with Gasteiger partial charge in [-0.25, -0.2) is 0 Å². The Morgan fingerprint density at radius 2 is 1.77 bits per heavy atom. The van der Waals surface area contributed by atoms with E-state index in [0.717, 1.165) is 30.6 Å². The molecule has 0 aromatic heterocycles. The standard InChI is InChI=1S/C28H48O3/c1-18(2)8-7-9-19(3)22-10-11-23-21-16-25(29)28(30)17-20(31-6)12-15-27(28,5)24(21)13-14-26(22,23)4/h18-24,30H,7-17H2,1-6H3/t19-,20-,21-,22-,23-,24-,26-,27-,28+/m1/s1. The van der Waals surface area contributed by atoms with E-state index in [-0.39, 0.29) is 17.3 Å². The number of aliphatic hydroxyl groups is 1. The largest absolute Gasteiger partial charge is 0.381 e. The van der Waals surface area contributed by atoms with Gasteiger partial charge in [0.05, 0.1) is 6.10 Å². The molecule has 4 saturated carbocycles. The summed E-state index contributed by atoms with van der Waals surface area (Å²) in [4.78, 5) is 13.5. The second-order valence-electron chi connectivity index (χ2n) is 12.9.